The molecule has 2 aromatic carbocycles. The van der Waals surface area contributed by atoms with Crippen LogP contribution in [0.3, 0.4) is 0 Å². The van der Waals surface area contributed by atoms with Crippen molar-refractivity contribution < 1.29 is 13.9 Å². The topological polar surface area (TPSA) is 42.4 Å². The Morgan fingerprint density at radius 2 is 2.23 bits per heavy atom. The van der Waals surface area contributed by atoms with Crippen molar-refractivity contribution in [2.75, 3.05) is 18.1 Å². The fraction of sp³-hybridized carbons (Fsp3) is 0.300. The largest absolute Gasteiger partial charge is 0.376 e. The first kappa shape index (κ1) is 17.1. The van der Waals surface area contributed by atoms with Crippen LogP contribution in [0, 0.1) is 12.7 Å². The third-order valence-corrected chi connectivity index (χ3v) is 5.53. The van der Waals surface area contributed by atoms with Crippen LogP contribution in [0.1, 0.15) is 28.8 Å². The number of hydrogen-bond acceptors (Lipinski definition) is 4. The Morgan fingerprint density at radius 3 is 3.00 bits per heavy atom. The van der Waals surface area contributed by atoms with Gasteiger partial charge in [0, 0.05) is 12.2 Å². The van der Waals surface area contributed by atoms with Crippen molar-refractivity contribution in [3.63, 3.8) is 0 Å². The number of hydrogen-bond donors (Lipinski definition) is 0. The van der Waals surface area contributed by atoms with Crippen LogP contribution >= 0.6 is 11.3 Å². The van der Waals surface area contributed by atoms with E-state index in [-0.39, 0.29) is 17.8 Å². The summed E-state index contributed by atoms with van der Waals surface area (Å²) in [5.74, 6) is -0.410. The number of benzene rings is 2. The lowest BCUT2D eigenvalue weighted by Gasteiger charge is -2.23. The predicted octanol–water partition coefficient (Wildman–Crippen LogP) is 4.57. The van der Waals surface area contributed by atoms with Gasteiger partial charge in [-0.2, -0.15) is 0 Å². The molecule has 0 spiro atoms. The van der Waals surface area contributed by atoms with Gasteiger partial charge in [0.05, 0.1) is 22.9 Å². The van der Waals surface area contributed by atoms with Gasteiger partial charge < -0.3 is 4.74 Å². The highest BCUT2D eigenvalue weighted by Crippen LogP contribution is 2.31. The molecule has 1 aliphatic heterocycles. The molecule has 4 rings (SSSR count). The number of rotatable bonds is 4. The number of thiazole rings is 1. The summed E-state index contributed by atoms with van der Waals surface area (Å²) in [5.41, 5.74) is 2.34. The number of aryl methyl sites for hydroxylation is 1. The van der Waals surface area contributed by atoms with Gasteiger partial charge >= 0.3 is 0 Å². The minimum absolute atomic E-state index is 0.00695. The van der Waals surface area contributed by atoms with E-state index < -0.39 is 0 Å². The molecular formula is C20H19FN2O2S. The number of fused-ring (bicyclic) bond motifs is 1. The molecule has 0 aliphatic carbocycles. The van der Waals surface area contributed by atoms with Crippen LogP contribution in [0.15, 0.2) is 42.5 Å². The highest BCUT2D eigenvalue weighted by atomic mass is 32.1. The summed E-state index contributed by atoms with van der Waals surface area (Å²) in [4.78, 5) is 19.4. The molecule has 1 saturated heterocycles. The fourth-order valence-corrected chi connectivity index (χ4v) is 4.17. The van der Waals surface area contributed by atoms with Crippen molar-refractivity contribution in [2.24, 2.45) is 0 Å². The molecule has 1 aromatic heterocycles. The molecule has 1 aliphatic rings. The fourth-order valence-electron chi connectivity index (χ4n) is 3.18. The molecule has 1 fully saturated rings. The maximum atomic E-state index is 13.5. The zero-order chi connectivity index (χ0) is 18.1. The maximum Gasteiger partial charge on any atom is 0.260 e. The van der Waals surface area contributed by atoms with Gasteiger partial charge in [-0.1, -0.05) is 29.0 Å². The highest BCUT2D eigenvalue weighted by molar-refractivity contribution is 7.22. The van der Waals surface area contributed by atoms with Gasteiger partial charge in [0.15, 0.2) is 5.13 Å². The third kappa shape index (κ3) is 3.48. The maximum absolute atomic E-state index is 13.5. The molecule has 0 bridgehead atoms. The second-order valence-corrected chi connectivity index (χ2v) is 7.54. The van der Waals surface area contributed by atoms with Crippen molar-refractivity contribution in [2.45, 2.75) is 25.9 Å². The first-order valence-electron chi connectivity index (χ1n) is 8.66. The van der Waals surface area contributed by atoms with Gasteiger partial charge in [-0.3, -0.25) is 9.69 Å². The second-order valence-electron chi connectivity index (χ2n) is 6.53. The van der Waals surface area contributed by atoms with Crippen molar-refractivity contribution in [3.05, 3.63) is 59.4 Å². The Kier molecular flexibility index (Phi) is 4.70. The average Bonchev–Trinajstić information content (AvgIpc) is 3.28. The summed E-state index contributed by atoms with van der Waals surface area (Å²) in [7, 11) is 0. The predicted molar refractivity (Wildman–Crippen MR) is 101 cm³/mol. The molecular weight excluding hydrogens is 351 g/mol. The molecule has 0 radical (unpaired) electrons. The minimum atomic E-state index is -0.302. The van der Waals surface area contributed by atoms with Gasteiger partial charge in [-0.15, -0.1) is 0 Å². The lowest BCUT2D eigenvalue weighted by Crippen LogP contribution is -2.37. The van der Waals surface area contributed by atoms with Crippen LogP contribution in [0.25, 0.3) is 10.2 Å². The van der Waals surface area contributed by atoms with E-state index >= 15 is 0 Å². The summed E-state index contributed by atoms with van der Waals surface area (Å²) in [6, 6.07) is 12.0. The van der Waals surface area contributed by atoms with Crippen LogP contribution < -0.4 is 4.90 Å². The number of ether oxygens (including phenoxy) is 1. The first-order valence-corrected chi connectivity index (χ1v) is 9.48. The molecule has 1 amide bonds. The van der Waals surface area contributed by atoms with E-state index in [4.69, 9.17) is 4.74 Å². The molecule has 3 aromatic rings. The smallest absolute Gasteiger partial charge is 0.260 e. The number of halogens is 1. The molecule has 26 heavy (non-hydrogen) atoms. The zero-order valence-electron chi connectivity index (χ0n) is 14.4. The number of carbonyl (C=O) groups excluding carboxylic acids is 1. The molecule has 0 saturated carbocycles. The van der Waals surface area contributed by atoms with Crippen LogP contribution in [0.4, 0.5) is 9.52 Å². The quantitative estimate of drug-likeness (QED) is 0.676. The normalized spacial score (nSPS) is 16.9. The second kappa shape index (κ2) is 7.13. The Labute approximate surface area is 155 Å². The van der Waals surface area contributed by atoms with E-state index in [1.54, 1.807) is 11.0 Å². The summed E-state index contributed by atoms with van der Waals surface area (Å²) in [5, 5.41) is 0.576. The Morgan fingerprint density at radius 1 is 1.35 bits per heavy atom. The third-order valence-electron chi connectivity index (χ3n) is 4.49. The molecule has 4 nitrogen and oxygen atoms in total. The number of amides is 1. The van der Waals surface area contributed by atoms with Crippen LogP contribution in [0.5, 0.6) is 0 Å². The Hall–Kier alpha value is -2.31. The lowest BCUT2D eigenvalue weighted by atomic mass is 10.1. The molecule has 6 heteroatoms. The van der Waals surface area contributed by atoms with E-state index in [0.717, 1.165) is 29.7 Å². The SMILES string of the molecule is Cc1cccc(C(=O)N(CC2CCCO2)c2nc3ccc(F)cc3s2)c1. The van der Waals surface area contributed by atoms with Gasteiger partial charge in [0.2, 0.25) is 0 Å². The summed E-state index contributed by atoms with van der Waals surface area (Å²) < 4.78 is 20.0. The van der Waals surface area contributed by atoms with Gasteiger partial charge in [-0.25, -0.2) is 9.37 Å². The van der Waals surface area contributed by atoms with Crippen molar-refractivity contribution >= 4 is 32.6 Å². The van der Waals surface area contributed by atoms with Crippen molar-refractivity contribution in [3.8, 4) is 0 Å². The van der Waals surface area contributed by atoms with E-state index in [0.29, 0.717) is 22.8 Å². The standard InChI is InChI=1S/C20H19FN2O2S/c1-13-4-2-5-14(10-13)19(24)23(12-16-6-3-9-25-16)20-22-17-8-7-15(21)11-18(17)26-20/h2,4-5,7-8,10-11,16H,3,6,9,12H2,1H3. The summed E-state index contributed by atoms with van der Waals surface area (Å²) >= 11 is 1.33. The van der Waals surface area contributed by atoms with Crippen molar-refractivity contribution in [1.29, 1.82) is 0 Å². The van der Waals surface area contributed by atoms with Crippen LogP contribution in [-0.2, 0) is 4.74 Å². The van der Waals surface area contributed by atoms with E-state index in [9.17, 15) is 9.18 Å². The molecule has 134 valence electrons. The minimum Gasteiger partial charge on any atom is -0.376 e. The number of nitrogens with zero attached hydrogens (tertiary/aromatic N) is 2. The summed E-state index contributed by atoms with van der Waals surface area (Å²) in [6.07, 6.45) is 1.94. The van der Waals surface area contributed by atoms with Gasteiger partial charge in [-0.05, 0) is 50.1 Å². The van der Waals surface area contributed by atoms with E-state index in [1.807, 2.05) is 31.2 Å². The monoisotopic (exact) mass is 370 g/mol. The summed E-state index contributed by atoms with van der Waals surface area (Å²) in [6.45, 7) is 3.14. The van der Waals surface area contributed by atoms with Gasteiger partial charge in [0.25, 0.3) is 5.91 Å². The number of carbonyl (C=O) groups is 1. The van der Waals surface area contributed by atoms with Crippen LogP contribution in [0.2, 0.25) is 0 Å². The Balaban J connectivity index is 1.72. The Bertz CT molecular complexity index is 950. The molecule has 1 atom stereocenters. The molecule has 2 heterocycles. The molecule has 0 N–H and O–H groups in total. The number of aromatic nitrogens is 1. The van der Waals surface area contributed by atoms with Crippen molar-refractivity contribution in [1.82, 2.24) is 4.98 Å². The van der Waals surface area contributed by atoms with E-state index in [2.05, 4.69) is 4.98 Å². The average molecular weight is 370 g/mol. The highest BCUT2D eigenvalue weighted by Gasteiger charge is 2.27. The zero-order valence-corrected chi connectivity index (χ0v) is 15.3. The van der Waals surface area contributed by atoms with E-state index in [1.165, 1.54) is 23.5 Å². The molecule has 1 unspecified atom stereocenters. The number of anilines is 1. The van der Waals surface area contributed by atoms with Crippen LogP contribution in [-0.4, -0.2) is 30.1 Å². The first-order chi connectivity index (χ1) is 12.6. The lowest BCUT2D eigenvalue weighted by molar-refractivity contribution is 0.0917. The van der Waals surface area contributed by atoms with Gasteiger partial charge in [0.1, 0.15) is 5.82 Å².